The van der Waals surface area contributed by atoms with Crippen LogP contribution < -0.4 is 16.2 Å². The molecule has 1 heterocycles. The fraction of sp³-hybridized carbons (Fsp3) is 0. The highest BCUT2D eigenvalue weighted by Crippen LogP contribution is 2.26. The van der Waals surface area contributed by atoms with Gasteiger partial charge in [-0.1, -0.05) is 34.7 Å². The van der Waals surface area contributed by atoms with Gasteiger partial charge < -0.3 is 11.1 Å². The third kappa shape index (κ3) is 2.86. The summed E-state index contributed by atoms with van der Waals surface area (Å²) in [4.78, 5) is 9.81. The van der Waals surface area contributed by atoms with Crippen molar-refractivity contribution in [2.75, 3.05) is 11.1 Å². The second-order valence-corrected chi connectivity index (χ2v) is 5.86. The second-order valence-electron chi connectivity index (χ2n) is 4.53. The standard InChI is InChI=1S/C15H15N5S/c1-21(17)11-6-4-5-10(9-11)18-15-14(16)19-12-7-2-3-8-13(12)20-15/h2-9H,1,17H2,(H2,16,19)(H,18,20). The van der Waals surface area contributed by atoms with Crippen LogP contribution in [0.3, 0.4) is 0 Å². The highest BCUT2D eigenvalue weighted by Gasteiger charge is 2.06. The average molecular weight is 297 g/mol. The van der Waals surface area contributed by atoms with Gasteiger partial charge in [0.15, 0.2) is 11.6 Å². The van der Waals surface area contributed by atoms with Gasteiger partial charge in [-0.2, -0.15) is 0 Å². The summed E-state index contributed by atoms with van der Waals surface area (Å²) in [7, 11) is -0.532. The number of para-hydroxylation sites is 2. The number of nitrogens with zero attached hydrogens (tertiary/aromatic N) is 2. The lowest BCUT2D eigenvalue weighted by Gasteiger charge is -2.10. The Bertz CT molecular complexity index is 831. The number of rotatable bonds is 3. The quantitative estimate of drug-likeness (QED) is 0.647. The summed E-state index contributed by atoms with van der Waals surface area (Å²) in [5.41, 5.74) is 8.38. The van der Waals surface area contributed by atoms with Crippen LogP contribution in [0.25, 0.3) is 11.0 Å². The van der Waals surface area contributed by atoms with Gasteiger partial charge in [0.2, 0.25) is 0 Å². The van der Waals surface area contributed by atoms with E-state index in [1.807, 2.05) is 48.5 Å². The van der Waals surface area contributed by atoms with E-state index in [1.54, 1.807) is 0 Å². The highest BCUT2D eigenvalue weighted by atomic mass is 32.2. The van der Waals surface area contributed by atoms with Crippen LogP contribution in [0.1, 0.15) is 0 Å². The number of fused-ring (bicyclic) bond motifs is 1. The Kier molecular flexibility index (Phi) is 3.55. The number of benzene rings is 2. The van der Waals surface area contributed by atoms with Gasteiger partial charge in [-0.3, -0.25) is 5.14 Å². The normalized spacial score (nSPS) is 12.2. The van der Waals surface area contributed by atoms with E-state index in [4.69, 9.17) is 10.9 Å². The van der Waals surface area contributed by atoms with Crippen LogP contribution in [0.2, 0.25) is 0 Å². The molecule has 0 aliphatic carbocycles. The maximum Gasteiger partial charge on any atom is 0.174 e. The zero-order valence-corrected chi connectivity index (χ0v) is 12.1. The van der Waals surface area contributed by atoms with Gasteiger partial charge in [0.1, 0.15) is 0 Å². The van der Waals surface area contributed by atoms with Gasteiger partial charge in [-0.05, 0) is 30.3 Å². The van der Waals surface area contributed by atoms with Crippen molar-refractivity contribution in [2.24, 2.45) is 5.14 Å². The SMILES string of the molecule is C=S(N)c1cccc(Nc2nc3ccccc3nc2N)c1. The Labute approximate surface area is 125 Å². The molecule has 1 aromatic heterocycles. The van der Waals surface area contributed by atoms with E-state index in [2.05, 4.69) is 21.2 Å². The summed E-state index contributed by atoms with van der Waals surface area (Å²) < 4.78 is 0. The van der Waals surface area contributed by atoms with Gasteiger partial charge in [0, 0.05) is 10.6 Å². The van der Waals surface area contributed by atoms with Crippen molar-refractivity contribution < 1.29 is 0 Å². The minimum atomic E-state index is -0.532. The van der Waals surface area contributed by atoms with E-state index in [9.17, 15) is 0 Å². The molecule has 106 valence electrons. The molecule has 21 heavy (non-hydrogen) atoms. The van der Waals surface area contributed by atoms with Gasteiger partial charge in [-0.25, -0.2) is 9.97 Å². The Balaban J connectivity index is 1.99. The summed E-state index contributed by atoms with van der Waals surface area (Å²) >= 11 is 0. The van der Waals surface area contributed by atoms with Gasteiger partial charge in [0.25, 0.3) is 0 Å². The minimum Gasteiger partial charge on any atom is -0.381 e. The molecule has 0 saturated heterocycles. The molecule has 3 aromatic rings. The van der Waals surface area contributed by atoms with E-state index in [0.717, 1.165) is 21.6 Å². The van der Waals surface area contributed by atoms with Crippen LogP contribution in [0, 0.1) is 0 Å². The molecule has 0 radical (unpaired) electrons. The summed E-state index contributed by atoms with van der Waals surface area (Å²) in [6, 6.07) is 15.3. The number of nitrogens with two attached hydrogens (primary N) is 2. The maximum atomic E-state index is 5.96. The van der Waals surface area contributed by atoms with Crippen molar-refractivity contribution >= 4 is 44.9 Å². The molecule has 1 atom stereocenters. The van der Waals surface area contributed by atoms with Crippen molar-refractivity contribution in [1.82, 2.24) is 9.97 Å². The monoisotopic (exact) mass is 297 g/mol. The fourth-order valence-electron chi connectivity index (χ4n) is 1.98. The first-order valence-corrected chi connectivity index (χ1v) is 7.77. The van der Waals surface area contributed by atoms with E-state index in [-0.39, 0.29) is 0 Å². The van der Waals surface area contributed by atoms with Crippen molar-refractivity contribution in [2.45, 2.75) is 4.90 Å². The molecule has 6 heteroatoms. The first kappa shape index (κ1) is 13.5. The molecule has 5 N–H and O–H groups in total. The molecule has 0 amide bonds. The topological polar surface area (TPSA) is 89.8 Å². The fourth-order valence-corrected chi connectivity index (χ4v) is 2.51. The van der Waals surface area contributed by atoms with Crippen LogP contribution in [0.15, 0.2) is 53.4 Å². The summed E-state index contributed by atoms with van der Waals surface area (Å²) in [6.07, 6.45) is 0. The van der Waals surface area contributed by atoms with E-state index < -0.39 is 10.7 Å². The molecule has 5 nitrogen and oxygen atoms in total. The number of hydrogen-bond acceptors (Lipinski definition) is 5. The van der Waals surface area contributed by atoms with Crippen LogP contribution >= 0.6 is 10.7 Å². The first-order chi connectivity index (χ1) is 10.1. The lowest BCUT2D eigenvalue weighted by atomic mass is 10.3. The Morgan fingerprint density at radius 2 is 1.71 bits per heavy atom. The Hall–Kier alpha value is -2.44. The molecule has 0 fully saturated rings. The number of hydrogen-bond donors (Lipinski definition) is 3. The van der Waals surface area contributed by atoms with E-state index in [0.29, 0.717) is 11.6 Å². The molecule has 0 aliphatic heterocycles. The molecule has 0 aliphatic rings. The van der Waals surface area contributed by atoms with Crippen molar-refractivity contribution in [1.29, 1.82) is 0 Å². The predicted octanol–water partition coefficient (Wildman–Crippen LogP) is 2.89. The number of nitrogen functional groups attached to an aromatic ring is 1. The zero-order valence-electron chi connectivity index (χ0n) is 11.3. The van der Waals surface area contributed by atoms with Gasteiger partial charge in [0.05, 0.1) is 11.0 Å². The maximum absolute atomic E-state index is 5.96. The Morgan fingerprint density at radius 1 is 1.00 bits per heavy atom. The molecule has 1 unspecified atom stereocenters. The van der Waals surface area contributed by atoms with Crippen molar-refractivity contribution in [3.05, 3.63) is 48.5 Å². The predicted molar refractivity (Wildman–Crippen MR) is 90.8 cm³/mol. The van der Waals surface area contributed by atoms with Crippen LogP contribution in [0.4, 0.5) is 17.3 Å². The Morgan fingerprint density at radius 3 is 2.43 bits per heavy atom. The average Bonchev–Trinajstić information content (AvgIpc) is 2.48. The summed E-state index contributed by atoms with van der Waals surface area (Å²) in [6.45, 7) is 0. The first-order valence-electron chi connectivity index (χ1n) is 6.31. The molecular weight excluding hydrogens is 282 g/mol. The summed E-state index contributed by atoms with van der Waals surface area (Å²) in [5, 5.41) is 9.00. The van der Waals surface area contributed by atoms with E-state index >= 15 is 0 Å². The van der Waals surface area contributed by atoms with Crippen LogP contribution in [-0.4, -0.2) is 15.8 Å². The molecule has 2 aromatic carbocycles. The van der Waals surface area contributed by atoms with Crippen LogP contribution in [0.5, 0.6) is 0 Å². The molecule has 0 spiro atoms. The molecular formula is C15H15N5S. The molecule has 0 bridgehead atoms. The minimum absolute atomic E-state index is 0.362. The summed E-state index contributed by atoms with van der Waals surface area (Å²) in [5.74, 6) is 4.74. The van der Waals surface area contributed by atoms with Crippen molar-refractivity contribution in [3.8, 4) is 0 Å². The lowest BCUT2D eigenvalue weighted by molar-refractivity contribution is 1.28. The largest absolute Gasteiger partial charge is 0.381 e. The second kappa shape index (κ2) is 5.51. The number of aromatic nitrogens is 2. The number of nitrogens with one attached hydrogen (secondary N) is 1. The van der Waals surface area contributed by atoms with Crippen molar-refractivity contribution in [3.63, 3.8) is 0 Å². The molecule has 0 saturated carbocycles. The number of anilines is 3. The lowest BCUT2D eigenvalue weighted by Crippen LogP contribution is -2.02. The zero-order chi connectivity index (χ0) is 14.8. The van der Waals surface area contributed by atoms with Crippen LogP contribution in [-0.2, 0) is 0 Å². The highest BCUT2D eigenvalue weighted by molar-refractivity contribution is 8.12. The van der Waals surface area contributed by atoms with Gasteiger partial charge >= 0.3 is 0 Å². The van der Waals surface area contributed by atoms with Gasteiger partial charge in [-0.15, -0.1) is 0 Å². The third-order valence-corrected chi connectivity index (χ3v) is 3.86. The van der Waals surface area contributed by atoms with E-state index in [1.165, 1.54) is 0 Å². The smallest absolute Gasteiger partial charge is 0.174 e. The third-order valence-electron chi connectivity index (χ3n) is 3.00. The molecule has 3 rings (SSSR count).